The third-order valence-electron chi connectivity index (χ3n) is 3.02. The number of halogens is 2. The third-order valence-corrected chi connectivity index (χ3v) is 4.52. The lowest BCUT2D eigenvalue weighted by Crippen LogP contribution is -2.43. The fourth-order valence-corrected chi connectivity index (χ4v) is 3.72. The maximum atomic E-state index is 13.5. The molecule has 2 rings (SSSR count). The van der Waals surface area contributed by atoms with Crippen molar-refractivity contribution in [2.45, 2.75) is 13.0 Å². The Morgan fingerprint density at radius 2 is 2.00 bits per heavy atom. The zero-order valence-electron chi connectivity index (χ0n) is 11.0. The van der Waals surface area contributed by atoms with Crippen molar-refractivity contribution in [1.82, 2.24) is 4.90 Å². The largest absolute Gasteiger partial charge is 0.322 e. The Hall–Kier alpha value is -2.03. The summed E-state index contributed by atoms with van der Waals surface area (Å²) in [6, 6.07) is 1.33. The highest BCUT2D eigenvalue weighted by molar-refractivity contribution is 7.91. The number of anilines is 1. The van der Waals surface area contributed by atoms with Crippen LogP contribution in [0.25, 0.3) is 0 Å². The van der Waals surface area contributed by atoms with E-state index in [0.717, 1.165) is 24.0 Å². The Balaban J connectivity index is 2.21. The summed E-state index contributed by atoms with van der Waals surface area (Å²) in [5.41, 5.74) is -0.283. The van der Waals surface area contributed by atoms with Crippen LogP contribution in [-0.2, 0) is 19.4 Å². The molecule has 0 bridgehead atoms. The molecule has 114 valence electrons. The first-order valence-corrected chi connectivity index (χ1v) is 7.75. The predicted octanol–water partition coefficient (Wildman–Crippen LogP) is 0.506. The van der Waals surface area contributed by atoms with Crippen LogP contribution in [0.1, 0.15) is 6.92 Å². The van der Waals surface area contributed by atoms with Crippen LogP contribution in [0.3, 0.4) is 0 Å². The van der Waals surface area contributed by atoms with E-state index in [-0.39, 0.29) is 5.69 Å². The van der Waals surface area contributed by atoms with Crippen molar-refractivity contribution < 1.29 is 26.8 Å². The molecule has 9 heteroatoms. The number of carbonyl (C=O) groups excluding carboxylic acids is 2. The number of carbonyl (C=O) groups is 2. The minimum absolute atomic E-state index is 0.283. The van der Waals surface area contributed by atoms with Crippen LogP contribution in [0.2, 0.25) is 0 Å². The molecule has 1 N–H and O–H groups in total. The Labute approximate surface area is 119 Å². The molecule has 1 heterocycles. The minimum atomic E-state index is -3.55. The lowest BCUT2D eigenvalue weighted by Gasteiger charge is -2.20. The summed E-state index contributed by atoms with van der Waals surface area (Å²) in [6.07, 6.45) is 0. The highest BCUT2D eigenvalue weighted by atomic mass is 32.2. The first-order chi connectivity index (χ1) is 9.69. The van der Waals surface area contributed by atoms with Gasteiger partial charge >= 0.3 is 0 Å². The van der Waals surface area contributed by atoms with Crippen molar-refractivity contribution in [3.05, 3.63) is 29.8 Å². The lowest BCUT2D eigenvalue weighted by atomic mass is 10.2. The summed E-state index contributed by atoms with van der Waals surface area (Å²) in [5, 5.41) is 2.16. The van der Waals surface area contributed by atoms with Gasteiger partial charge in [-0.05, 0) is 12.1 Å². The number of hydrogen-bond acceptors (Lipinski definition) is 4. The number of rotatable bonds is 2. The molecule has 0 aliphatic carbocycles. The van der Waals surface area contributed by atoms with Crippen LogP contribution < -0.4 is 5.32 Å². The van der Waals surface area contributed by atoms with Crippen LogP contribution in [0.4, 0.5) is 14.5 Å². The van der Waals surface area contributed by atoms with E-state index in [0.29, 0.717) is 6.07 Å². The van der Waals surface area contributed by atoms with Gasteiger partial charge in [0.05, 0.1) is 11.4 Å². The van der Waals surface area contributed by atoms with Crippen LogP contribution >= 0.6 is 0 Å². The molecule has 6 nitrogen and oxygen atoms in total. The van der Waals surface area contributed by atoms with E-state index in [2.05, 4.69) is 5.32 Å². The van der Waals surface area contributed by atoms with Gasteiger partial charge in [-0.2, -0.15) is 0 Å². The maximum Gasteiger partial charge on any atom is 0.248 e. The SMILES string of the molecule is CC(=O)N1CS(=O)(=O)C[C@H]1C(=O)Nc1ccc(F)cc1F. The Morgan fingerprint density at radius 3 is 2.57 bits per heavy atom. The molecule has 1 fully saturated rings. The van der Waals surface area contributed by atoms with Gasteiger partial charge < -0.3 is 10.2 Å². The third kappa shape index (κ3) is 3.35. The topological polar surface area (TPSA) is 83.6 Å². The van der Waals surface area contributed by atoms with Gasteiger partial charge in [-0.3, -0.25) is 9.59 Å². The average Bonchev–Trinajstić information content (AvgIpc) is 2.69. The minimum Gasteiger partial charge on any atom is -0.322 e. The highest BCUT2D eigenvalue weighted by Crippen LogP contribution is 2.20. The van der Waals surface area contributed by atoms with Crippen LogP contribution in [-0.4, -0.2) is 42.8 Å². The summed E-state index contributed by atoms with van der Waals surface area (Å²) in [6.45, 7) is 1.14. The van der Waals surface area contributed by atoms with Gasteiger partial charge in [0.1, 0.15) is 23.6 Å². The van der Waals surface area contributed by atoms with E-state index >= 15 is 0 Å². The molecule has 1 atom stereocenters. The summed E-state index contributed by atoms with van der Waals surface area (Å²) in [7, 11) is -3.55. The van der Waals surface area contributed by atoms with Crippen LogP contribution in [0.5, 0.6) is 0 Å². The molecule has 1 saturated heterocycles. The summed E-state index contributed by atoms with van der Waals surface area (Å²) in [5.74, 6) is -4.28. The summed E-state index contributed by atoms with van der Waals surface area (Å²) in [4.78, 5) is 24.3. The van der Waals surface area contributed by atoms with Crippen molar-refractivity contribution in [3.63, 3.8) is 0 Å². The summed E-state index contributed by atoms with van der Waals surface area (Å²) >= 11 is 0. The second kappa shape index (κ2) is 5.40. The average molecular weight is 318 g/mol. The number of amides is 2. The molecule has 0 saturated carbocycles. The van der Waals surface area contributed by atoms with Crippen molar-refractivity contribution in [1.29, 1.82) is 0 Å². The quantitative estimate of drug-likeness (QED) is 0.861. The number of sulfone groups is 1. The molecule has 21 heavy (non-hydrogen) atoms. The fraction of sp³-hybridized carbons (Fsp3) is 0.333. The van der Waals surface area contributed by atoms with E-state index in [1.165, 1.54) is 0 Å². The molecule has 2 amide bonds. The second-order valence-electron chi connectivity index (χ2n) is 4.66. The standard InChI is InChI=1S/C12H12F2N2O4S/c1-7(17)16-6-21(19,20)5-11(16)12(18)15-10-3-2-8(13)4-9(10)14/h2-4,11H,5-6H2,1H3,(H,15,18)/t11-/m0/s1. The maximum absolute atomic E-state index is 13.5. The van der Waals surface area contributed by atoms with Crippen molar-refractivity contribution in [2.75, 3.05) is 16.9 Å². The number of benzene rings is 1. The fourth-order valence-electron chi connectivity index (χ4n) is 2.02. The first kappa shape index (κ1) is 15.4. The van der Waals surface area contributed by atoms with Crippen LogP contribution in [0.15, 0.2) is 18.2 Å². The molecule has 0 spiro atoms. The van der Waals surface area contributed by atoms with Gasteiger partial charge in [-0.15, -0.1) is 0 Å². The van der Waals surface area contributed by atoms with E-state index in [1.807, 2.05) is 0 Å². The molecule has 1 aromatic carbocycles. The van der Waals surface area contributed by atoms with Gasteiger partial charge in [-0.25, -0.2) is 17.2 Å². The smallest absolute Gasteiger partial charge is 0.248 e. The van der Waals surface area contributed by atoms with E-state index in [9.17, 15) is 26.8 Å². The normalized spacial score (nSPS) is 20.3. The number of nitrogens with zero attached hydrogens (tertiary/aromatic N) is 1. The summed E-state index contributed by atoms with van der Waals surface area (Å²) < 4.78 is 49.3. The Bertz CT molecular complexity index is 705. The predicted molar refractivity (Wildman–Crippen MR) is 69.9 cm³/mol. The number of hydrogen-bond donors (Lipinski definition) is 1. The van der Waals surface area contributed by atoms with Crippen molar-refractivity contribution in [2.24, 2.45) is 0 Å². The molecule has 1 aliphatic heterocycles. The van der Waals surface area contributed by atoms with Crippen LogP contribution in [0, 0.1) is 11.6 Å². The molecule has 0 radical (unpaired) electrons. The molecule has 0 unspecified atom stereocenters. The Kier molecular flexibility index (Phi) is 3.95. The van der Waals surface area contributed by atoms with Gasteiger partial charge in [0.25, 0.3) is 0 Å². The van der Waals surface area contributed by atoms with E-state index in [4.69, 9.17) is 0 Å². The second-order valence-corrected chi connectivity index (χ2v) is 6.74. The van der Waals surface area contributed by atoms with Crippen molar-refractivity contribution in [3.8, 4) is 0 Å². The molecular formula is C12H12F2N2O4S. The Morgan fingerprint density at radius 1 is 1.33 bits per heavy atom. The van der Waals surface area contributed by atoms with Gasteiger partial charge in [0.15, 0.2) is 9.84 Å². The monoisotopic (exact) mass is 318 g/mol. The lowest BCUT2D eigenvalue weighted by molar-refractivity contribution is -0.134. The van der Waals surface area contributed by atoms with Gasteiger partial charge in [0, 0.05) is 13.0 Å². The number of nitrogens with one attached hydrogen (secondary N) is 1. The molecular weight excluding hydrogens is 306 g/mol. The molecule has 1 aliphatic rings. The molecule has 0 aromatic heterocycles. The zero-order valence-corrected chi connectivity index (χ0v) is 11.8. The highest BCUT2D eigenvalue weighted by Gasteiger charge is 2.41. The van der Waals surface area contributed by atoms with Gasteiger partial charge in [0.2, 0.25) is 11.8 Å². The first-order valence-electron chi connectivity index (χ1n) is 5.93. The van der Waals surface area contributed by atoms with E-state index in [1.54, 1.807) is 0 Å². The van der Waals surface area contributed by atoms with E-state index < -0.39 is 51.0 Å². The zero-order chi connectivity index (χ0) is 15.8. The van der Waals surface area contributed by atoms with Gasteiger partial charge in [-0.1, -0.05) is 0 Å². The van der Waals surface area contributed by atoms with Crippen molar-refractivity contribution >= 4 is 27.3 Å². The molecule has 1 aromatic rings.